The second-order valence-electron chi connectivity index (χ2n) is 3.85. The average molecular weight is 250 g/mol. The van der Waals surface area contributed by atoms with Gasteiger partial charge in [-0.1, -0.05) is 5.92 Å². The molecule has 0 saturated carbocycles. The molecule has 1 heterocycles. The van der Waals surface area contributed by atoms with Crippen LogP contribution in [-0.2, 0) is 4.84 Å². The van der Waals surface area contributed by atoms with Gasteiger partial charge in [-0.15, -0.1) is 6.42 Å². The van der Waals surface area contributed by atoms with E-state index in [1.807, 2.05) is 13.8 Å². The number of aromatic nitrogens is 3. The Hall–Kier alpha value is -1.91. The summed E-state index contributed by atoms with van der Waals surface area (Å²) in [6, 6.07) is 0.251. The summed E-state index contributed by atoms with van der Waals surface area (Å²) in [5.74, 6) is 3.36. The molecular weight excluding hydrogens is 232 g/mol. The molecule has 18 heavy (non-hydrogen) atoms. The first-order valence-corrected chi connectivity index (χ1v) is 5.52. The predicted molar refractivity (Wildman–Crippen MR) is 69.8 cm³/mol. The highest BCUT2D eigenvalue weighted by Gasteiger charge is 2.10. The van der Waals surface area contributed by atoms with Crippen LogP contribution in [0.4, 0.5) is 11.9 Å². The lowest BCUT2D eigenvalue weighted by molar-refractivity contribution is 0.180. The fourth-order valence-corrected chi connectivity index (χ4v) is 1.18. The Morgan fingerprint density at radius 3 is 2.72 bits per heavy atom. The van der Waals surface area contributed by atoms with Crippen LogP contribution in [0.1, 0.15) is 13.8 Å². The van der Waals surface area contributed by atoms with E-state index in [0.717, 1.165) is 0 Å². The minimum absolute atomic E-state index is 0.251. The van der Waals surface area contributed by atoms with Crippen LogP contribution >= 0.6 is 0 Å². The maximum atomic E-state index is 5.41. The molecule has 0 aromatic carbocycles. The van der Waals surface area contributed by atoms with Gasteiger partial charge in [0.2, 0.25) is 5.95 Å². The van der Waals surface area contributed by atoms with E-state index >= 15 is 0 Å². The molecule has 0 radical (unpaired) electrons. The normalized spacial score (nSPS) is 12.0. The van der Waals surface area contributed by atoms with E-state index in [0.29, 0.717) is 11.9 Å². The fourth-order valence-electron chi connectivity index (χ4n) is 1.18. The van der Waals surface area contributed by atoms with Crippen molar-refractivity contribution in [2.75, 3.05) is 24.5 Å². The summed E-state index contributed by atoms with van der Waals surface area (Å²) < 4.78 is 0. The molecule has 1 rings (SSSR count). The number of hydrogen-bond donors (Lipinski definition) is 2. The monoisotopic (exact) mass is 250 g/mol. The number of terminal acetylenes is 1. The standard InChI is InChI=1S/C11H18N6O/c1-6-9(14-8(2)3)15-10-12-7-13-11(16-10)17(4)18-5/h1,7-9,14H,2-5H3,(H,12,13,15,16). The van der Waals surface area contributed by atoms with Crippen LogP contribution in [0.25, 0.3) is 0 Å². The van der Waals surface area contributed by atoms with Gasteiger partial charge in [0, 0.05) is 13.1 Å². The summed E-state index contributed by atoms with van der Waals surface area (Å²) in [6.45, 7) is 4.01. The summed E-state index contributed by atoms with van der Waals surface area (Å²) in [5, 5.41) is 7.56. The van der Waals surface area contributed by atoms with Gasteiger partial charge in [-0.25, -0.2) is 10.0 Å². The predicted octanol–water partition coefficient (Wildman–Crippen LogP) is 0.238. The minimum atomic E-state index is -0.340. The van der Waals surface area contributed by atoms with Gasteiger partial charge in [0.1, 0.15) is 12.5 Å². The van der Waals surface area contributed by atoms with Crippen molar-refractivity contribution < 1.29 is 4.84 Å². The zero-order chi connectivity index (χ0) is 13.5. The first-order chi connectivity index (χ1) is 8.56. The van der Waals surface area contributed by atoms with Gasteiger partial charge in [0.15, 0.2) is 0 Å². The van der Waals surface area contributed by atoms with Gasteiger partial charge in [-0.3, -0.25) is 10.2 Å². The Kier molecular flexibility index (Phi) is 5.30. The van der Waals surface area contributed by atoms with Crippen LogP contribution in [0.2, 0.25) is 0 Å². The van der Waals surface area contributed by atoms with E-state index in [1.54, 1.807) is 7.05 Å². The van der Waals surface area contributed by atoms with Crippen LogP contribution in [0.3, 0.4) is 0 Å². The summed E-state index contributed by atoms with van der Waals surface area (Å²) in [6.07, 6.45) is 6.46. The summed E-state index contributed by atoms with van der Waals surface area (Å²) in [5.41, 5.74) is 0. The van der Waals surface area contributed by atoms with Gasteiger partial charge in [-0.05, 0) is 13.8 Å². The van der Waals surface area contributed by atoms with Crippen molar-refractivity contribution in [3.63, 3.8) is 0 Å². The van der Waals surface area contributed by atoms with Crippen molar-refractivity contribution in [2.45, 2.75) is 26.1 Å². The lowest BCUT2D eigenvalue weighted by atomic mass is 10.3. The molecule has 1 aromatic rings. The molecule has 7 nitrogen and oxygen atoms in total. The SMILES string of the molecule is C#CC(Nc1ncnc(N(C)OC)n1)NC(C)C. The van der Waals surface area contributed by atoms with Crippen molar-refractivity contribution in [2.24, 2.45) is 0 Å². The number of nitrogens with zero attached hydrogens (tertiary/aromatic N) is 4. The Morgan fingerprint density at radius 1 is 1.44 bits per heavy atom. The molecule has 0 aliphatic heterocycles. The highest BCUT2D eigenvalue weighted by molar-refractivity contribution is 5.35. The highest BCUT2D eigenvalue weighted by atomic mass is 16.7. The molecule has 0 bridgehead atoms. The third-order valence-electron chi connectivity index (χ3n) is 2.05. The van der Waals surface area contributed by atoms with E-state index in [1.165, 1.54) is 18.5 Å². The number of nitrogens with one attached hydrogen (secondary N) is 2. The van der Waals surface area contributed by atoms with Crippen molar-refractivity contribution in [1.29, 1.82) is 0 Å². The summed E-state index contributed by atoms with van der Waals surface area (Å²) in [7, 11) is 3.23. The smallest absolute Gasteiger partial charge is 0.254 e. The molecule has 0 aliphatic rings. The maximum absolute atomic E-state index is 5.41. The average Bonchev–Trinajstić information content (AvgIpc) is 2.36. The Labute approximate surface area is 107 Å². The topological polar surface area (TPSA) is 75.2 Å². The van der Waals surface area contributed by atoms with Crippen LogP contribution < -0.4 is 15.7 Å². The van der Waals surface area contributed by atoms with Gasteiger partial charge in [0.05, 0.1) is 7.11 Å². The molecule has 2 N–H and O–H groups in total. The number of hydroxylamine groups is 1. The van der Waals surface area contributed by atoms with Crippen molar-refractivity contribution in [3.05, 3.63) is 6.33 Å². The molecule has 0 spiro atoms. The summed E-state index contributed by atoms with van der Waals surface area (Å²) in [4.78, 5) is 17.1. The second kappa shape index (κ2) is 6.74. The molecule has 98 valence electrons. The van der Waals surface area contributed by atoms with Crippen molar-refractivity contribution >= 4 is 11.9 Å². The zero-order valence-electron chi connectivity index (χ0n) is 11.0. The summed E-state index contributed by atoms with van der Waals surface area (Å²) >= 11 is 0. The molecular formula is C11H18N6O. The van der Waals surface area contributed by atoms with E-state index in [2.05, 4.69) is 31.5 Å². The molecule has 1 unspecified atom stereocenters. The molecule has 0 fully saturated rings. The van der Waals surface area contributed by atoms with Gasteiger partial charge < -0.3 is 5.32 Å². The van der Waals surface area contributed by atoms with E-state index in [9.17, 15) is 0 Å². The van der Waals surface area contributed by atoms with E-state index < -0.39 is 0 Å². The third-order valence-corrected chi connectivity index (χ3v) is 2.05. The Bertz CT molecular complexity index is 416. The minimum Gasteiger partial charge on any atom is -0.328 e. The molecule has 7 heteroatoms. The lowest BCUT2D eigenvalue weighted by Gasteiger charge is -2.18. The van der Waals surface area contributed by atoms with Gasteiger partial charge >= 0.3 is 0 Å². The second-order valence-corrected chi connectivity index (χ2v) is 3.85. The van der Waals surface area contributed by atoms with Crippen LogP contribution in [0, 0.1) is 12.3 Å². The molecule has 0 aliphatic carbocycles. The molecule has 1 aromatic heterocycles. The fraction of sp³-hybridized carbons (Fsp3) is 0.545. The number of hydrogen-bond acceptors (Lipinski definition) is 7. The van der Waals surface area contributed by atoms with Crippen molar-refractivity contribution in [3.8, 4) is 12.3 Å². The molecule has 0 saturated heterocycles. The largest absolute Gasteiger partial charge is 0.328 e. The number of rotatable bonds is 6. The van der Waals surface area contributed by atoms with Gasteiger partial charge in [0.25, 0.3) is 5.95 Å². The quantitative estimate of drug-likeness (QED) is 0.425. The van der Waals surface area contributed by atoms with Crippen molar-refractivity contribution in [1.82, 2.24) is 20.3 Å². The Morgan fingerprint density at radius 2 is 2.17 bits per heavy atom. The van der Waals surface area contributed by atoms with Crippen LogP contribution in [-0.4, -0.2) is 41.3 Å². The molecule has 1 atom stereocenters. The highest BCUT2D eigenvalue weighted by Crippen LogP contribution is 2.06. The van der Waals surface area contributed by atoms with Crippen LogP contribution in [0.15, 0.2) is 6.33 Å². The van der Waals surface area contributed by atoms with Gasteiger partial charge in [-0.2, -0.15) is 9.97 Å². The van der Waals surface area contributed by atoms with Crippen LogP contribution in [0.5, 0.6) is 0 Å². The maximum Gasteiger partial charge on any atom is 0.254 e. The first-order valence-electron chi connectivity index (χ1n) is 5.52. The Balaban J connectivity index is 2.75. The number of anilines is 2. The van der Waals surface area contributed by atoms with E-state index in [4.69, 9.17) is 11.3 Å². The molecule has 0 amide bonds. The zero-order valence-corrected chi connectivity index (χ0v) is 11.0. The third kappa shape index (κ3) is 4.16. The van der Waals surface area contributed by atoms with E-state index in [-0.39, 0.29) is 12.2 Å². The lowest BCUT2D eigenvalue weighted by Crippen LogP contribution is -2.39. The first kappa shape index (κ1) is 14.2.